The lowest BCUT2D eigenvalue weighted by molar-refractivity contribution is 0.0683. The Bertz CT molecular complexity index is 512. The molecule has 0 unspecified atom stereocenters. The van der Waals surface area contributed by atoms with E-state index in [1.165, 1.54) is 19.3 Å². The van der Waals surface area contributed by atoms with Gasteiger partial charge < -0.3 is 15.5 Å². The zero-order chi connectivity index (χ0) is 14.9. The van der Waals surface area contributed by atoms with Gasteiger partial charge in [-0.05, 0) is 51.6 Å². The molecule has 1 aromatic rings. The average molecular weight is 356 g/mol. The Kier molecular flexibility index (Phi) is 4.72. The van der Waals surface area contributed by atoms with Crippen molar-refractivity contribution in [1.82, 2.24) is 4.90 Å². The van der Waals surface area contributed by atoms with Crippen molar-refractivity contribution < 1.29 is 0 Å². The molecule has 2 N–H and O–H groups in total. The van der Waals surface area contributed by atoms with Crippen LogP contribution >= 0.6 is 28.1 Å². The fourth-order valence-electron chi connectivity index (χ4n) is 2.90. The maximum atomic E-state index is 5.86. The number of benzene rings is 1. The van der Waals surface area contributed by atoms with Crippen LogP contribution in [-0.4, -0.2) is 43.1 Å². The molecule has 0 aromatic heterocycles. The zero-order valence-electron chi connectivity index (χ0n) is 12.3. The summed E-state index contributed by atoms with van der Waals surface area (Å²) in [6, 6.07) is 6.12. The average Bonchev–Trinajstić information content (AvgIpc) is 2.32. The van der Waals surface area contributed by atoms with Gasteiger partial charge in [0.15, 0.2) is 0 Å². The lowest BCUT2D eigenvalue weighted by Gasteiger charge is -2.49. The number of anilines is 1. The summed E-state index contributed by atoms with van der Waals surface area (Å²) < 4.78 is 1.00. The summed E-state index contributed by atoms with van der Waals surface area (Å²) in [5.41, 5.74) is 8.19. The summed E-state index contributed by atoms with van der Waals surface area (Å²) >= 11 is 8.66. The van der Waals surface area contributed by atoms with Crippen LogP contribution < -0.4 is 10.6 Å². The molecule has 0 saturated heterocycles. The Morgan fingerprint density at radius 3 is 2.45 bits per heavy atom. The van der Waals surface area contributed by atoms with Crippen molar-refractivity contribution in [2.24, 2.45) is 5.73 Å². The van der Waals surface area contributed by atoms with E-state index in [1.807, 2.05) is 12.1 Å². The minimum Gasteiger partial charge on any atom is -0.389 e. The number of hydrogen-bond acceptors (Lipinski definition) is 3. The number of likely N-dealkylation sites (N-methyl/N-ethyl adjacent to an activating group) is 2. The van der Waals surface area contributed by atoms with Crippen molar-refractivity contribution in [3.63, 3.8) is 0 Å². The second-order valence-electron chi connectivity index (χ2n) is 5.85. The van der Waals surface area contributed by atoms with E-state index >= 15 is 0 Å². The molecule has 3 nitrogen and oxygen atoms in total. The van der Waals surface area contributed by atoms with Gasteiger partial charge in [0.1, 0.15) is 4.99 Å². The van der Waals surface area contributed by atoms with E-state index in [0.717, 1.165) is 22.3 Å². The van der Waals surface area contributed by atoms with E-state index < -0.39 is 0 Å². The third-order valence-electron chi connectivity index (χ3n) is 4.40. The Balaban J connectivity index is 2.25. The van der Waals surface area contributed by atoms with Crippen LogP contribution in [0.2, 0.25) is 0 Å². The summed E-state index contributed by atoms with van der Waals surface area (Å²) in [5.74, 6) is 0. The molecule has 0 spiro atoms. The molecule has 0 atom stereocenters. The predicted molar refractivity (Wildman–Crippen MR) is 93.6 cm³/mol. The molecule has 5 heteroatoms. The highest BCUT2D eigenvalue weighted by Crippen LogP contribution is 2.38. The molecular weight excluding hydrogens is 334 g/mol. The van der Waals surface area contributed by atoms with Crippen LogP contribution in [0.15, 0.2) is 22.7 Å². The minimum absolute atomic E-state index is 0.287. The second-order valence-corrected chi connectivity index (χ2v) is 7.21. The number of thiocarbonyl (C=S) groups is 1. The molecule has 1 fully saturated rings. The molecule has 1 aliphatic rings. The second kappa shape index (κ2) is 6.00. The fourth-order valence-corrected chi connectivity index (χ4v) is 3.42. The maximum Gasteiger partial charge on any atom is 0.106 e. The van der Waals surface area contributed by atoms with Gasteiger partial charge in [-0.15, -0.1) is 0 Å². The molecule has 1 saturated carbocycles. The summed E-state index contributed by atoms with van der Waals surface area (Å²) in [6.45, 7) is 0.997. The third kappa shape index (κ3) is 3.00. The van der Waals surface area contributed by atoms with E-state index in [2.05, 4.69) is 52.9 Å². The summed E-state index contributed by atoms with van der Waals surface area (Å²) in [7, 11) is 6.46. The van der Waals surface area contributed by atoms with Crippen LogP contribution in [0.1, 0.15) is 24.8 Å². The number of nitrogens with two attached hydrogens (primary N) is 1. The molecule has 0 aliphatic heterocycles. The van der Waals surface area contributed by atoms with Crippen LogP contribution in [0.3, 0.4) is 0 Å². The van der Waals surface area contributed by atoms with Crippen molar-refractivity contribution in [1.29, 1.82) is 0 Å². The first-order chi connectivity index (χ1) is 9.35. The topological polar surface area (TPSA) is 32.5 Å². The molecule has 0 radical (unpaired) electrons. The molecule has 0 heterocycles. The van der Waals surface area contributed by atoms with Crippen LogP contribution in [-0.2, 0) is 0 Å². The van der Waals surface area contributed by atoms with Gasteiger partial charge in [0.05, 0.1) is 0 Å². The van der Waals surface area contributed by atoms with E-state index in [9.17, 15) is 0 Å². The number of rotatable bonds is 5. The van der Waals surface area contributed by atoms with Crippen molar-refractivity contribution in [2.75, 3.05) is 32.6 Å². The smallest absolute Gasteiger partial charge is 0.106 e. The number of halogens is 1. The largest absolute Gasteiger partial charge is 0.389 e. The highest BCUT2D eigenvalue weighted by Gasteiger charge is 2.40. The van der Waals surface area contributed by atoms with E-state index in [0.29, 0.717) is 4.99 Å². The van der Waals surface area contributed by atoms with E-state index in [1.54, 1.807) is 0 Å². The van der Waals surface area contributed by atoms with E-state index in [-0.39, 0.29) is 5.54 Å². The molecule has 110 valence electrons. The normalized spacial score (nSPS) is 16.9. The molecular formula is C15H22BrN3S. The van der Waals surface area contributed by atoms with Crippen LogP contribution in [0.5, 0.6) is 0 Å². The highest BCUT2D eigenvalue weighted by molar-refractivity contribution is 9.10. The van der Waals surface area contributed by atoms with E-state index in [4.69, 9.17) is 18.0 Å². The molecule has 0 amide bonds. The Labute approximate surface area is 135 Å². The summed E-state index contributed by atoms with van der Waals surface area (Å²) in [5, 5.41) is 0. The SMILES string of the molecule is CN(CC1(N(C)C)CCC1)c1ccc(Br)cc1C(N)=S. The lowest BCUT2D eigenvalue weighted by atomic mass is 9.75. The van der Waals surface area contributed by atoms with Gasteiger partial charge >= 0.3 is 0 Å². The van der Waals surface area contributed by atoms with Crippen molar-refractivity contribution >= 4 is 38.8 Å². The first-order valence-electron chi connectivity index (χ1n) is 6.84. The fraction of sp³-hybridized carbons (Fsp3) is 0.533. The summed E-state index contributed by atoms with van der Waals surface area (Å²) in [4.78, 5) is 5.08. The van der Waals surface area contributed by atoms with Gasteiger partial charge in [0, 0.05) is 34.9 Å². The van der Waals surface area contributed by atoms with Crippen molar-refractivity contribution in [3.05, 3.63) is 28.2 Å². The highest BCUT2D eigenvalue weighted by atomic mass is 79.9. The van der Waals surface area contributed by atoms with Gasteiger partial charge in [0.25, 0.3) is 0 Å². The third-order valence-corrected chi connectivity index (χ3v) is 5.11. The standard InChI is InChI=1S/C15H22BrN3S/c1-18(2)15(7-4-8-15)10-19(3)13-6-5-11(16)9-12(13)14(17)20/h5-6,9H,4,7-8,10H2,1-3H3,(H2,17,20). The van der Waals surface area contributed by atoms with Crippen LogP contribution in [0.25, 0.3) is 0 Å². The van der Waals surface area contributed by atoms with Crippen molar-refractivity contribution in [2.45, 2.75) is 24.8 Å². The molecule has 20 heavy (non-hydrogen) atoms. The predicted octanol–water partition coefficient (Wildman–Crippen LogP) is 3.00. The quantitative estimate of drug-likeness (QED) is 0.823. The first-order valence-corrected chi connectivity index (χ1v) is 8.04. The maximum absolute atomic E-state index is 5.86. The van der Waals surface area contributed by atoms with Crippen LogP contribution in [0.4, 0.5) is 5.69 Å². The molecule has 1 aromatic carbocycles. The Morgan fingerprint density at radius 2 is 2.00 bits per heavy atom. The molecule has 2 rings (SSSR count). The van der Waals surface area contributed by atoms with Crippen LogP contribution in [0, 0.1) is 0 Å². The van der Waals surface area contributed by atoms with Crippen molar-refractivity contribution in [3.8, 4) is 0 Å². The number of nitrogens with zero attached hydrogens (tertiary/aromatic N) is 2. The minimum atomic E-state index is 0.287. The first kappa shape index (κ1) is 15.7. The number of hydrogen-bond donors (Lipinski definition) is 1. The van der Waals surface area contributed by atoms with Gasteiger partial charge in [-0.2, -0.15) is 0 Å². The van der Waals surface area contributed by atoms with Gasteiger partial charge in [-0.3, -0.25) is 0 Å². The lowest BCUT2D eigenvalue weighted by Crippen LogP contribution is -2.56. The molecule has 1 aliphatic carbocycles. The van der Waals surface area contributed by atoms with Gasteiger partial charge in [0.2, 0.25) is 0 Å². The zero-order valence-corrected chi connectivity index (χ0v) is 14.7. The monoisotopic (exact) mass is 355 g/mol. The van der Waals surface area contributed by atoms with Gasteiger partial charge in [-0.25, -0.2) is 0 Å². The Hall–Kier alpha value is -0.650. The Morgan fingerprint density at radius 1 is 1.35 bits per heavy atom. The van der Waals surface area contributed by atoms with Gasteiger partial charge in [-0.1, -0.05) is 28.1 Å². The summed E-state index contributed by atoms with van der Waals surface area (Å²) in [6.07, 6.45) is 3.82. The molecule has 0 bridgehead atoms.